The fourth-order valence-electron chi connectivity index (χ4n) is 3.05. The molecule has 1 aromatic heterocycles. The number of pyridine rings is 1. The molecule has 1 aliphatic carbocycles. The predicted octanol–water partition coefficient (Wildman–Crippen LogP) is 3.63. The van der Waals surface area contributed by atoms with E-state index in [4.69, 9.17) is 5.11 Å². The standard InChI is InChI=1S/C17H14F3NO3/c18-10-3-4-13(16(22)23)21-15(10)14-11(19)7-9(8-12(14)20)17(24)5-1-2-6-17/h3-4,7-8,24H,1-2,5-6H2,(H,22,23). The Kier molecular flexibility index (Phi) is 4.04. The number of nitrogens with zero attached hydrogens (tertiary/aromatic N) is 1. The van der Waals surface area contributed by atoms with Crippen LogP contribution in [0.15, 0.2) is 24.3 Å². The van der Waals surface area contributed by atoms with Crippen molar-refractivity contribution in [2.24, 2.45) is 0 Å². The van der Waals surface area contributed by atoms with E-state index in [9.17, 15) is 23.1 Å². The third kappa shape index (κ3) is 2.75. The van der Waals surface area contributed by atoms with Gasteiger partial charge in [0, 0.05) is 0 Å². The van der Waals surface area contributed by atoms with Gasteiger partial charge >= 0.3 is 5.97 Å². The molecule has 4 nitrogen and oxygen atoms in total. The lowest BCUT2D eigenvalue weighted by Crippen LogP contribution is -2.21. The largest absolute Gasteiger partial charge is 0.477 e. The van der Waals surface area contributed by atoms with E-state index >= 15 is 0 Å². The Labute approximate surface area is 135 Å². The number of rotatable bonds is 3. The van der Waals surface area contributed by atoms with Crippen molar-refractivity contribution in [2.45, 2.75) is 31.3 Å². The Hall–Kier alpha value is -2.41. The molecule has 126 valence electrons. The molecule has 0 saturated heterocycles. The average Bonchev–Trinajstić information content (AvgIpc) is 2.96. The van der Waals surface area contributed by atoms with Crippen molar-refractivity contribution < 1.29 is 28.2 Å². The predicted molar refractivity (Wildman–Crippen MR) is 78.9 cm³/mol. The van der Waals surface area contributed by atoms with Crippen LogP contribution in [0, 0.1) is 17.5 Å². The van der Waals surface area contributed by atoms with Crippen LogP contribution in [-0.4, -0.2) is 21.2 Å². The molecule has 2 aromatic rings. The van der Waals surface area contributed by atoms with E-state index in [1.165, 1.54) is 0 Å². The smallest absolute Gasteiger partial charge is 0.354 e. The van der Waals surface area contributed by atoms with Crippen LogP contribution in [0.2, 0.25) is 0 Å². The molecular weight excluding hydrogens is 323 g/mol. The first kappa shape index (κ1) is 16.4. The van der Waals surface area contributed by atoms with Gasteiger partial charge in [-0.1, -0.05) is 12.8 Å². The third-order valence-corrected chi connectivity index (χ3v) is 4.31. The molecule has 1 fully saturated rings. The molecule has 0 atom stereocenters. The number of carbonyl (C=O) groups is 1. The van der Waals surface area contributed by atoms with Crippen LogP contribution in [0.4, 0.5) is 13.2 Å². The highest BCUT2D eigenvalue weighted by molar-refractivity contribution is 5.86. The minimum absolute atomic E-state index is 0.0912. The maximum Gasteiger partial charge on any atom is 0.354 e. The molecule has 1 aromatic carbocycles. The normalized spacial score (nSPS) is 16.3. The Morgan fingerprint density at radius 3 is 2.17 bits per heavy atom. The number of halogens is 3. The lowest BCUT2D eigenvalue weighted by atomic mass is 9.90. The molecule has 0 radical (unpaired) electrons. The molecule has 7 heteroatoms. The molecular formula is C17H14F3NO3. The van der Waals surface area contributed by atoms with Crippen molar-refractivity contribution >= 4 is 5.97 Å². The van der Waals surface area contributed by atoms with Gasteiger partial charge in [0.05, 0.1) is 11.2 Å². The molecule has 1 saturated carbocycles. The van der Waals surface area contributed by atoms with E-state index in [1.54, 1.807) is 0 Å². The van der Waals surface area contributed by atoms with Gasteiger partial charge in [0.15, 0.2) is 0 Å². The zero-order chi connectivity index (χ0) is 17.5. The number of benzene rings is 1. The second kappa shape index (κ2) is 5.90. The van der Waals surface area contributed by atoms with Crippen molar-refractivity contribution in [3.8, 4) is 11.3 Å². The molecule has 3 rings (SSSR count). The van der Waals surface area contributed by atoms with Crippen LogP contribution in [0.5, 0.6) is 0 Å². The molecule has 1 heterocycles. The summed E-state index contributed by atoms with van der Waals surface area (Å²) in [5.41, 5.74) is -3.19. The molecule has 1 aliphatic rings. The first-order chi connectivity index (χ1) is 11.3. The topological polar surface area (TPSA) is 70.4 Å². The van der Waals surface area contributed by atoms with Crippen LogP contribution < -0.4 is 0 Å². The van der Waals surface area contributed by atoms with Gasteiger partial charge in [-0.3, -0.25) is 0 Å². The van der Waals surface area contributed by atoms with E-state index in [1.807, 2.05) is 0 Å². The van der Waals surface area contributed by atoms with E-state index in [0.717, 1.165) is 37.1 Å². The second-order valence-corrected chi connectivity index (χ2v) is 5.89. The van der Waals surface area contributed by atoms with Crippen LogP contribution in [0.3, 0.4) is 0 Å². The Bertz CT molecular complexity index is 794. The Morgan fingerprint density at radius 1 is 1.04 bits per heavy atom. The summed E-state index contributed by atoms with van der Waals surface area (Å²) in [5.74, 6) is -4.67. The van der Waals surface area contributed by atoms with E-state index < -0.39 is 46.0 Å². The number of aromatic carboxylic acids is 1. The van der Waals surface area contributed by atoms with Gasteiger partial charge in [-0.2, -0.15) is 0 Å². The van der Waals surface area contributed by atoms with Crippen LogP contribution in [0.1, 0.15) is 41.7 Å². The summed E-state index contributed by atoms with van der Waals surface area (Å²) < 4.78 is 42.8. The zero-order valence-corrected chi connectivity index (χ0v) is 12.5. The number of aliphatic hydroxyl groups is 1. The van der Waals surface area contributed by atoms with Crippen molar-refractivity contribution in [3.63, 3.8) is 0 Å². The summed E-state index contributed by atoms with van der Waals surface area (Å²) in [6, 6.07) is 3.62. The first-order valence-electron chi connectivity index (χ1n) is 7.44. The quantitative estimate of drug-likeness (QED) is 0.897. The van der Waals surface area contributed by atoms with Crippen LogP contribution in [0.25, 0.3) is 11.3 Å². The number of carboxylic acids is 1. The van der Waals surface area contributed by atoms with E-state index in [2.05, 4.69) is 4.98 Å². The molecule has 24 heavy (non-hydrogen) atoms. The lowest BCUT2D eigenvalue weighted by molar-refractivity contribution is 0.0438. The number of carboxylic acid groups (broad SMARTS) is 1. The highest BCUT2D eigenvalue weighted by Crippen LogP contribution is 2.40. The average molecular weight is 337 g/mol. The summed E-state index contributed by atoms with van der Waals surface area (Å²) in [6.45, 7) is 0. The van der Waals surface area contributed by atoms with Gasteiger partial charge < -0.3 is 10.2 Å². The molecule has 0 amide bonds. The lowest BCUT2D eigenvalue weighted by Gasteiger charge is -2.23. The van der Waals surface area contributed by atoms with Crippen molar-refractivity contribution in [3.05, 3.63) is 53.0 Å². The van der Waals surface area contributed by atoms with Crippen molar-refractivity contribution in [1.82, 2.24) is 4.98 Å². The highest BCUT2D eigenvalue weighted by Gasteiger charge is 2.34. The fraction of sp³-hybridized carbons (Fsp3) is 0.294. The maximum absolute atomic E-state index is 14.4. The summed E-state index contributed by atoms with van der Waals surface area (Å²) >= 11 is 0. The van der Waals surface area contributed by atoms with E-state index in [-0.39, 0.29) is 5.56 Å². The molecule has 0 aliphatic heterocycles. The van der Waals surface area contributed by atoms with Crippen LogP contribution >= 0.6 is 0 Å². The SMILES string of the molecule is O=C(O)c1ccc(F)c(-c2c(F)cc(C3(O)CCCC3)cc2F)n1. The summed E-state index contributed by atoms with van der Waals surface area (Å²) in [7, 11) is 0. The number of hydrogen-bond donors (Lipinski definition) is 2. The molecule has 0 bridgehead atoms. The maximum atomic E-state index is 14.4. The monoisotopic (exact) mass is 337 g/mol. The summed E-state index contributed by atoms with van der Waals surface area (Å²) in [4.78, 5) is 14.4. The minimum Gasteiger partial charge on any atom is -0.477 e. The Balaban J connectivity index is 2.13. The van der Waals surface area contributed by atoms with Gasteiger partial charge in [-0.25, -0.2) is 22.9 Å². The first-order valence-corrected chi connectivity index (χ1v) is 7.44. The summed E-state index contributed by atoms with van der Waals surface area (Å²) in [6.07, 6.45) is 2.29. The zero-order valence-electron chi connectivity index (χ0n) is 12.5. The van der Waals surface area contributed by atoms with Gasteiger partial charge in [0.2, 0.25) is 0 Å². The van der Waals surface area contributed by atoms with Gasteiger partial charge in [-0.05, 0) is 42.7 Å². The number of aromatic nitrogens is 1. The van der Waals surface area contributed by atoms with Crippen molar-refractivity contribution in [2.75, 3.05) is 0 Å². The van der Waals surface area contributed by atoms with Crippen LogP contribution in [-0.2, 0) is 5.60 Å². The Morgan fingerprint density at radius 2 is 1.62 bits per heavy atom. The van der Waals surface area contributed by atoms with E-state index in [0.29, 0.717) is 12.8 Å². The second-order valence-electron chi connectivity index (χ2n) is 5.89. The number of hydrogen-bond acceptors (Lipinski definition) is 3. The van der Waals surface area contributed by atoms with Crippen molar-refractivity contribution in [1.29, 1.82) is 0 Å². The minimum atomic E-state index is -1.44. The fourth-order valence-corrected chi connectivity index (χ4v) is 3.05. The molecule has 0 unspecified atom stereocenters. The summed E-state index contributed by atoms with van der Waals surface area (Å²) in [5, 5.41) is 19.3. The molecule has 0 spiro atoms. The van der Waals surface area contributed by atoms with Gasteiger partial charge in [0.1, 0.15) is 28.8 Å². The van der Waals surface area contributed by atoms with Gasteiger partial charge in [-0.15, -0.1) is 0 Å². The molecule has 2 N–H and O–H groups in total. The highest BCUT2D eigenvalue weighted by atomic mass is 19.1. The van der Waals surface area contributed by atoms with Gasteiger partial charge in [0.25, 0.3) is 0 Å². The third-order valence-electron chi connectivity index (χ3n) is 4.31.